The summed E-state index contributed by atoms with van der Waals surface area (Å²) in [6.07, 6.45) is 2.77. The minimum atomic E-state index is -0.171. The lowest BCUT2D eigenvalue weighted by Gasteiger charge is -2.15. The Bertz CT molecular complexity index is 942. The Hall–Kier alpha value is -3.81. The summed E-state index contributed by atoms with van der Waals surface area (Å²) in [5.74, 6) is -0.0228. The highest BCUT2D eigenvalue weighted by Crippen LogP contribution is 2.21. The minimum Gasteiger partial charge on any atom is -0.370 e. The van der Waals surface area contributed by atoms with E-state index in [9.17, 15) is 4.79 Å². The highest BCUT2D eigenvalue weighted by atomic mass is 16.1. The van der Waals surface area contributed by atoms with Crippen molar-refractivity contribution in [2.45, 2.75) is 6.42 Å². The Morgan fingerprint density at radius 3 is 2.34 bits per heavy atom. The number of guanidine groups is 2. The van der Waals surface area contributed by atoms with Crippen LogP contribution in [0.25, 0.3) is 5.57 Å². The van der Waals surface area contributed by atoms with Crippen LogP contribution < -0.4 is 22.5 Å². The van der Waals surface area contributed by atoms with E-state index in [1.165, 1.54) is 0 Å². The van der Waals surface area contributed by atoms with Crippen molar-refractivity contribution in [2.24, 2.45) is 22.2 Å². The van der Waals surface area contributed by atoms with Gasteiger partial charge in [-0.05, 0) is 47.4 Å². The number of aliphatic imine (C=N–C) groups is 1. The summed E-state index contributed by atoms with van der Waals surface area (Å²) >= 11 is 0. The normalized spacial score (nSPS) is 13.0. The van der Waals surface area contributed by atoms with E-state index < -0.39 is 0 Å². The summed E-state index contributed by atoms with van der Waals surface area (Å²) in [4.78, 5) is 18.2. The number of carbonyl (C=O) groups is 1. The number of nitrogens with one attached hydrogen (secondary N) is 2. The second-order valence-corrected chi connectivity index (χ2v) is 6.78. The summed E-state index contributed by atoms with van der Waals surface area (Å²) in [5, 5.41) is 10.4. The van der Waals surface area contributed by atoms with Crippen LogP contribution in [0.15, 0.2) is 59.6 Å². The lowest BCUT2D eigenvalue weighted by Crippen LogP contribution is -2.34. The lowest BCUT2D eigenvalue weighted by atomic mass is 10.0. The van der Waals surface area contributed by atoms with Crippen LogP contribution in [0.1, 0.15) is 21.5 Å². The third-order valence-electron chi connectivity index (χ3n) is 4.68. The molecule has 8 heteroatoms. The minimum absolute atomic E-state index is 0.0644. The molecular formula is C21H25N7O. The van der Waals surface area contributed by atoms with E-state index in [1.807, 2.05) is 42.5 Å². The molecule has 8 N–H and O–H groups in total. The van der Waals surface area contributed by atoms with Crippen LogP contribution in [-0.4, -0.2) is 42.4 Å². The van der Waals surface area contributed by atoms with E-state index in [0.717, 1.165) is 28.8 Å². The van der Waals surface area contributed by atoms with E-state index in [1.54, 1.807) is 17.0 Å². The van der Waals surface area contributed by atoms with Gasteiger partial charge in [0.25, 0.3) is 5.91 Å². The molecule has 8 nitrogen and oxygen atoms in total. The first-order valence-electron chi connectivity index (χ1n) is 9.26. The average Bonchev–Trinajstić information content (AvgIpc) is 3.20. The topological polar surface area (TPSA) is 147 Å². The smallest absolute Gasteiger partial charge is 0.255 e. The van der Waals surface area contributed by atoms with E-state index in [0.29, 0.717) is 25.2 Å². The van der Waals surface area contributed by atoms with Gasteiger partial charge in [-0.15, -0.1) is 0 Å². The lowest BCUT2D eigenvalue weighted by molar-refractivity contribution is 0.102. The molecule has 1 aliphatic rings. The predicted molar refractivity (Wildman–Crippen MR) is 117 cm³/mol. The summed E-state index contributed by atoms with van der Waals surface area (Å²) < 4.78 is 0. The molecule has 0 saturated heterocycles. The summed E-state index contributed by atoms with van der Waals surface area (Å²) in [7, 11) is 0. The second kappa shape index (κ2) is 8.92. The Kier molecular flexibility index (Phi) is 6.13. The number of nitrogens with zero attached hydrogens (tertiary/aromatic N) is 2. The number of hydrogen-bond acceptors (Lipinski definition) is 3. The molecule has 150 valence electrons. The van der Waals surface area contributed by atoms with Gasteiger partial charge in [-0.1, -0.05) is 30.3 Å². The standard InChI is InChI=1S/C21H25N7O/c22-20(23)26-11-9-14-1-7-18(8-2-14)27-19(29)16-5-3-15(4-6-16)17-10-12-28(13-17)21(24)25/h1-8,10H,9,11-13H2,(H3,24,25)(H,27,29)(H4,22,23,26). The fourth-order valence-electron chi connectivity index (χ4n) is 3.06. The Morgan fingerprint density at radius 1 is 1.07 bits per heavy atom. The third-order valence-corrected chi connectivity index (χ3v) is 4.68. The molecule has 0 saturated carbocycles. The quantitative estimate of drug-likeness (QED) is 0.372. The van der Waals surface area contributed by atoms with E-state index in [4.69, 9.17) is 22.6 Å². The number of benzene rings is 2. The molecular weight excluding hydrogens is 366 g/mol. The zero-order valence-electron chi connectivity index (χ0n) is 16.1. The first kappa shape index (κ1) is 19.9. The van der Waals surface area contributed by atoms with Crippen molar-refractivity contribution >= 4 is 29.1 Å². The molecule has 0 unspecified atom stereocenters. The van der Waals surface area contributed by atoms with E-state index in [-0.39, 0.29) is 17.8 Å². The average molecular weight is 391 g/mol. The maximum absolute atomic E-state index is 12.5. The van der Waals surface area contributed by atoms with Crippen molar-refractivity contribution in [1.29, 1.82) is 5.41 Å². The highest BCUT2D eigenvalue weighted by molar-refractivity contribution is 6.04. The van der Waals surface area contributed by atoms with Crippen LogP contribution in [0.5, 0.6) is 0 Å². The summed E-state index contributed by atoms with van der Waals surface area (Å²) in [5.41, 5.74) is 20.7. The van der Waals surface area contributed by atoms with Crippen molar-refractivity contribution in [2.75, 3.05) is 25.0 Å². The van der Waals surface area contributed by atoms with E-state index in [2.05, 4.69) is 10.3 Å². The molecule has 0 atom stereocenters. The van der Waals surface area contributed by atoms with Crippen LogP contribution in [0.4, 0.5) is 5.69 Å². The van der Waals surface area contributed by atoms with E-state index >= 15 is 0 Å². The molecule has 0 aliphatic carbocycles. The molecule has 29 heavy (non-hydrogen) atoms. The number of anilines is 1. The van der Waals surface area contributed by atoms with Gasteiger partial charge in [0.2, 0.25) is 0 Å². The molecule has 0 radical (unpaired) electrons. The van der Waals surface area contributed by atoms with Crippen LogP contribution in [0.3, 0.4) is 0 Å². The van der Waals surface area contributed by atoms with Gasteiger partial charge in [-0.2, -0.15) is 0 Å². The highest BCUT2D eigenvalue weighted by Gasteiger charge is 2.16. The van der Waals surface area contributed by atoms with Gasteiger partial charge >= 0.3 is 0 Å². The van der Waals surface area contributed by atoms with Gasteiger partial charge in [0.15, 0.2) is 11.9 Å². The maximum atomic E-state index is 12.5. The first-order chi connectivity index (χ1) is 13.9. The Morgan fingerprint density at radius 2 is 1.76 bits per heavy atom. The monoisotopic (exact) mass is 391 g/mol. The molecule has 2 aromatic rings. The third kappa shape index (κ3) is 5.35. The molecule has 0 spiro atoms. The van der Waals surface area contributed by atoms with Crippen LogP contribution in [-0.2, 0) is 6.42 Å². The molecule has 2 aromatic carbocycles. The SMILES string of the molecule is N=C(N)N1CC=C(c2ccc(C(=O)Nc3ccc(CCN=C(N)N)cc3)cc2)C1. The van der Waals surface area contributed by atoms with Gasteiger partial charge in [-0.3, -0.25) is 15.2 Å². The zero-order chi connectivity index (χ0) is 20.8. The van der Waals surface area contributed by atoms with Crippen molar-refractivity contribution < 1.29 is 4.79 Å². The molecule has 1 heterocycles. The second-order valence-electron chi connectivity index (χ2n) is 6.78. The Balaban J connectivity index is 1.57. The largest absolute Gasteiger partial charge is 0.370 e. The summed E-state index contributed by atoms with van der Waals surface area (Å²) in [6.45, 7) is 1.77. The molecule has 1 aliphatic heterocycles. The van der Waals surface area contributed by atoms with Crippen LogP contribution >= 0.6 is 0 Å². The first-order valence-corrected chi connectivity index (χ1v) is 9.26. The number of amides is 1. The van der Waals surface area contributed by atoms with Gasteiger partial charge in [0.05, 0.1) is 0 Å². The molecule has 0 fully saturated rings. The van der Waals surface area contributed by atoms with Gasteiger partial charge in [-0.25, -0.2) is 0 Å². The number of carbonyl (C=O) groups excluding carboxylic acids is 1. The van der Waals surface area contributed by atoms with Gasteiger partial charge < -0.3 is 27.4 Å². The van der Waals surface area contributed by atoms with Gasteiger partial charge in [0, 0.05) is 30.9 Å². The predicted octanol–water partition coefficient (Wildman–Crippen LogP) is 1.35. The Labute approximate surface area is 169 Å². The van der Waals surface area contributed by atoms with Crippen LogP contribution in [0, 0.1) is 5.41 Å². The fourth-order valence-corrected chi connectivity index (χ4v) is 3.06. The van der Waals surface area contributed by atoms with Crippen molar-refractivity contribution in [3.63, 3.8) is 0 Å². The van der Waals surface area contributed by atoms with Crippen molar-refractivity contribution in [3.8, 4) is 0 Å². The molecule has 1 amide bonds. The van der Waals surface area contributed by atoms with Gasteiger partial charge in [0.1, 0.15) is 0 Å². The summed E-state index contributed by atoms with van der Waals surface area (Å²) in [6, 6.07) is 15.0. The number of hydrogen-bond donors (Lipinski definition) is 5. The fraction of sp³-hybridized carbons (Fsp3) is 0.190. The number of rotatable bonds is 6. The van der Waals surface area contributed by atoms with Crippen LogP contribution in [0.2, 0.25) is 0 Å². The van der Waals surface area contributed by atoms with Crippen molar-refractivity contribution in [1.82, 2.24) is 4.90 Å². The number of nitrogens with two attached hydrogens (primary N) is 3. The molecule has 3 rings (SSSR count). The van der Waals surface area contributed by atoms with Crippen molar-refractivity contribution in [3.05, 3.63) is 71.3 Å². The zero-order valence-corrected chi connectivity index (χ0v) is 16.1. The molecule has 0 aromatic heterocycles. The molecule has 0 bridgehead atoms. The maximum Gasteiger partial charge on any atom is 0.255 e.